The van der Waals surface area contributed by atoms with Crippen LogP contribution in [0.1, 0.15) is 19.8 Å². The number of benzene rings is 2. The fourth-order valence-corrected chi connectivity index (χ4v) is 4.89. The maximum absolute atomic E-state index is 5.60. The van der Waals surface area contributed by atoms with Gasteiger partial charge >= 0.3 is 0 Å². The van der Waals surface area contributed by atoms with Crippen LogP contribution in [0.4, 0.5) is 11.6 Å². The van der Waals surface area contributed by atoms with E-state index >= 15 is 0 Å². The lowest BCUT2D eigenvalue weighted by molar-refractivity contribution is 0.123. The molecule has 0 bridgehead atoms. The van der Waals surface area contributed by atoms with Crippen molar-refractivity contribution < 1.29 is 9.47 Å². The molecule has 5 rings (SSSR count). The normalized spacial score (nSPS) is 19.6. The predicted molar refractivity (Wildman–Crippen MR) is 133 cm³/mol. The summed E-state index contributed by atoms with van der Waals surface area (Å²) in [5, 5.41) is 5.94. The molecular weight excluding hydrogens is 414 g/mol. The molecule has 174 valence electrons. The first-order chi connectivity index (χ1) is 16.2. The molecule has 2 fully saturated rings. The Kier molecular flexibility index (Phi) is 6.60. The smallest absolute Gasteiger partial charge is 0.223 e. The topological polar surface area (TPSA) is 62.8 Å². The average molecular weight is 448 g/mol. The lowest BCUT2D eigenvalue weighted by atomic mass is 10.0. The van der Waals surface area contributed by atoms with Gasteiger partial charge < -0.3 is 24.6 Å². The van der Waals surface area contributed by atoms with Crippen LogP contribution >= 0.6 is 0 Å². The molecule has 0 saturated carbocycles. The first kappa shape index (κ1) is 21.9. The number of hydrogen-bond acceptors (Lipinski definition) is 7. The van der Waals surface area contributed by atoms with E-state index in [0.29, 0.717) is 12.0 Å². The molecule has 0 radical (unpaired) electrons. The zero-order chi connectivity index (χ0) is 22.6. The van der Waals surface area contributed by atoms with Crippen LogP contribution < -0.4 is 15.0 Å². The number of morpholine rings is 1. The molecule has 7 nitrogen and oxygen atoms in total. The number of rotatable bonds is 6. The van der Waals surface area contributed by atoms with Crippen molar-refractivity contribution in [3.8, 4) is 17.0 Å². The van der Waals surface area contributed by atoms with Crippen LogP contribution in [0.2, 0.25) is 0 Å². The van der Waals surface area contributed by atoms with Gasteiger partial charge in [0.05, 0.1) is 26.0 Å². The third kappa shape index (κ3) is 4.89. The SMILES string of the molecule is CCN1CCCC(Nc2nccc(-c3cc(N4CCOCC4)c4cc(OC)ccc4c3)n2)C1. The van der Waals surface area contributed by atoms with Crippen LogP contribution in [0.3, 0.4) is 0 Å². The van der Waals surface area contributed by atoms with Gasteiger partial charge in [0.1, 0.15) is 5.75 Å². The molecule has 3 aromatic rings. The number of likely N-dealkylation sites (N-methyl/N-ethyl adjacent to an activating group) is 1. The summed E-state index contributed by atoms with van der Waals surface area (Å²) in [5.74, 6) is 1.57. The summed E-state index contributed by atoms with van der Waals surface area (Å²) in [7, 11) is 1.71. The predicted octanol–water partition coefficient (Wildman–Crippen LogP) is 4.04. The highest BCUT2D eigenvalue weighted by atomic mass is 16.5. The Morgan fingerprint density at radius 3 is 2.82 bits per heavy atom. The Labute approximate surface area is 195 Å². The van der Waals surface area contributed by atoms with Crippen molar-refractivity contribution in [1.82, 2.24) is 14.9 Å². The standard InChI is InChI=1S/C26H33N5O2/c1-3-30-10-4-5-21(18-30)28-26-27-9-8-24(29-26)20-15-19-6-7-22(32-2)17-23(19)25(16-20)31-11-13-33-14-12-31/h6-9,15-17,21H,3-5,10-14,18H2,1-2H3,(H,27,28,29). The van der Waals surface area contributed by atoms with Crippen LogP contribution in [-0.2, 0) is 4.74 Å². The van der Waals surface area contributed by atoms with Crippen molar-refractivity contribution in [3.63, 3.8) is 0 Å². The van der Waals surface area contributed by atoms with E-state index in [0.717, 1.165) is 62.8 Å². The zero-order valence-electron chi connectivity index (χ0n) is 19.6. The quantitative estimate of drug-likeness (QED) is 0.612. The molecule has 7 heteroatoms. The van der Waals surface area contributed by atoms with Crippen molar-refractivity contribution in [2.45, 2.75) is 25.8 Å². The highest BCUT2D eigenvalue weighted by Gasteiger charge is 2.20. The highest BCUT2D eigenvalue weighted by Crippen LogP contribution is 2.35. The molecule has 0 spiro atoms. The van der Waals surface area contributed by atoms with E-state index in [-0.39, 0.29) is 0 Å². The molecule has 1 atom stereocenters. The van der Waals surface area contributed by atoms with Gasteiger partial charge in [-0.2, -0.15) is 0 Å². The molecule has 2 aliphatic rings. The molecule has 1 unspecified atom stereocenters. The fourth-order valence-electron chi connectivity index (χ4n) is 4.89. The minimum atomic E-state index is 0.391. The molecule has 0 amide bonds. The number of likely N-dealkylation sites (tertiary alicyclic amines) is 1. The van der Waals surface area contributed by atoms with Crippen LogP contribution in [0.25, 0.3) is 22.0 Å². The third-order valence-electron chi connectivity index (χ3n) is 6.73. The highest BCUT2D eigenvalue weighted by molar-refractivity contribution is 5.98. The largest absolute Gasteiger partial charge is 0.497 e. The van der Waals surface area contributed by atoms with Crippen LogP contribution in [0.15, 0.2) is 42.6 Å². The van der Waals surface area contributed by atoms with Gasteiger partial charge in [-0.3, -0.25) is 0 Å². The number of piperidine rings is 1. The Balaban J connectivity index is 1.48. The fraction of sp³-hybridized carbons (Fsp3) is 0.462. The summed E-state index contributed by atoms with van der Waals surface area (Å²) in [5.41, 5.74) is 3.23. The van der Waals surface area contributed by atoms with Crippen molar-refractivity contribution in [2.75, 3.05) is 63.3 Å². The van der Waals surface area contributed by atoms with Crippen molar-refractivity contribution in [1.29, 1.82) is 0 Å². The van der Waals surface area contributed by atoms with Gasteiger partial charge in [0.15, 0.2) is 0 Å². The molecule has 33 heavy (non-hydrogen) atoms. The molecule has 2 saturated heterocycles. The summed E-state index contributed by atoms with van der Waals surface area (Å²) in [6.07, 6.45) is 4.23. The Morgan fingerprint density at radius 2 is 2.00 bits per heavy atom. The monoisotopic (exact) mass is 447 g/mol. The van der Waals surface area contributed by atoms with Gasteiger partial charge in [-0.05, 0) is 61.6 Å². The summed E-state index contributed by atoms with van der Waals surface area (Å²) >= 11 is 0. The lowest BCUT2D eigenvalue weighted by Crippen LogP contribution is -2.42. The van der Waals surface area contributed by atoms with Crippen molar-refractivity contribution in [2.24, 2.45) is 0 Å². The number of anilines is 2. The van der Waals surface area contributed by atoms with E-state index in [4.69, 9.17) is 14.5 Å². The molecule has 2 aromatic carbocycles. The minimum absolute atomic E-state index is 0.391. The number of fused-ring (bicyclic) bond motifs is 1. The second-order valence-electron chi connectivity index (χ2n) is 8.82. The van der Waals surface area contributed by atoms with Gasteiger partial charge in [-0.1, -0.05) is 13.0 Å². The Hall–Kier alpha value is -2.90. The molecule has 1 aromatic heterocycles. The summed E-state index contributed by atoms with van der Waals surface area (Å²) in [6, 6.07) is 13.1. The summed E-state index contributed by atoms with van der Waals surface area (Å²) in [4.78, 5) is 14.3. The van der Waals surface area contributed by atoms with Gasteiger partial charge in [0, 0.05) is 48.5 Å². The van der Waals surface area contributed by atoms with E-state index in [1.54, 1.807) is 7.11 Å². The van der Waals surface area contributed by atoms with Crippen LogP contribution in [0.5, 0.6) is 5.75 Å². The first-order valence-electron chi connectivity index (χ1n) is 12.0. The lowest BCUT2D eigenvalue weighted by Gasteiger charge is -2.32. The Bertz CT molecular complexity index is 1100. The maximum atomic E-state index is 5.60. The molecular formula is C26H33N5O2. The van der Waals surface area contributed by atoms with Crippen LogP contribution in [-0.4, -0.2) is 74.0 Å². The van der Waals surface area contributed by atoms with Gasteiger partial charge in [0.25, 0.3) is 0 Å². The minimum Gasteiger partial charge on any atom is -0.497 e. The number of ether oxygens (including phenoxy) is 2. The third-order valence-corrected chi connectivity index (χ3v) is 6.73. The van der Waals surface area contributed by atoms with Gasteiger partial charge in [-0.15, -0.1) is 0 Å². The summed E-state index contributed by atoms with van der Waals surface area (Å²) in [6.45, 7) is 8.78. The number of hydrogen-bond donors (Lipinski definition) is 1. The van der Waals surface area contributed by atoms with E-state index in [9.17, 15) is 0 Å². The molecule has 2 aliphatic heterocycles. The van der Waals surface area contributed by atoms with E-state index in [2.05, 4.69) is 51.3 Å². The molecule has 0 aliphatic carbocycles. The molecule has 1 N–H and O–H groups in total. The van der Waals surface area contributed by atoms with Gasteiger partial charge in [-0.25, -0.2) is 9.97 Å². The van der Waals surface area contributed by atoms with Crippen LogP contribution in [0, 0.1) is 0 Å². The average Bonchev–Trinajstić information content (AvgIpc) is 2.88. The number of methoxy groups -OCH3 is 1. The van der Waals surface area contributed by atoms with E-state index in [1.807, 2.05) is 18.3 Å². The number of nitrogens with zero attached hydrogens (tertiary/aromatic N) is 4. The second kappa shape index (κ2) is 9.93. The number of nitrogens with one attached hydrogen (secondary N) is 1. The Morgan fingerprint density at radius 1 is 1.12 bits per heavy atom. The zero-order valence-corrected chi connectivity index (χ0v) is 19.6. The van der Waals surface area contributed by atoms with E-state index in [1.165, 1.54) is 29.4 Å². The van der Waals surface area contributed by atoms with Crippen molar-refractivity contribution >= 4 is 22.4 Å². The maximum Gasteiger partial charge on any atom is 0.223 e. The molecule has 3 heterocycles. The summed E-state index contributed by atoms with van der Waals surface area (Å²) < 4.78 is 11.1. The second-order valence-corrected chi connectivity index (χ2v) is 8.82. The van der Waals surface area contributed by atoms with Crippen molar-refractivity contribution in [3.05, 3.63) is 42.6 Å². The van der Waals surface area contributed by atoms with Gasteiger partial charge in [0.2, 0.25) is 5.95 Å². The first-order valence-corrected chi connectivity index (χ1v) is 12.0. The number of aromatic nitrogens is 2. The van der Waals surface area contributed by atoms with E-state index < -0.39 is 0 Å².